The van der Waals surface area contributed by atoms with E-state index in [-0.39, 0.29) is 11.3 Å². The lowest BCUT2D eigenvalue weighted by Crippen LogP contribution is -2.35. The summed E-state index contributed by atoms with van der Waals surface area (Å²) in [5, 5.41) is 0. The van der Waals surface area contributed by atoms with E-state index in [1.54, 1.807) is 24.3 Å². The first kappa shape index (κ1) is 23.2. The molecule has 0 N–H and O–H groups in total. The van der Waals surface area contributed by atoms with E-state index < -0.39 is 17.6 Å². The molecule has 5 nitrogen and oxygen atoms in total. The minimum absolute atomic E-state index is 0.246. The second-order valence-electron chi connectivity index (χ2n) is 8.45. The molecule has 1 heterocycles. The van der Waals surface area contributed by atoms with Crippen molar-refractivity contribution in [2.45, 2.75) is 20.8 Å². The molecule has 0 atom stereocenters. The third-order valence-electron chi connectivity index (χ3n) is 5.52. The van der Waals surface area contributed by atoms with Gasteiger partial charge in [0.1, 0.15) is 17.3 Å². The molecule has 6 heteroatoms. The quantitative estimate of drug-likeness (QED) is 0.408. The molecule has 0 bridgehead atoms. The molecule has 0 aromatic heterocycles. The molecule has 1 aliphatic rings. The zero-order valence-electron chi connectivity index (χ0n) is 19.5. The number of imide groups is 1. The SMILES string of the molecule is CCN(C1=C(c2ccc(F)cc2)C(=O)N(c2ccc(OCC(C)C)cc2)C1=O)c1ccccc1. The highest BCUT2D eigenvalue weighted by Gasteiger charge is 2.42. The molecule has 3 aromatic rings. The fourth-order valence-corrected chi connectivity index (χ4v) is 3.91. The molecule has 0 saturated carbocycles. The van der Waals surface area contributed by atoms with Crippen molar-refractivity contribution in [3.05, 3.63) is 95.9 Å². The summed E-state index contributed by atoms with van der Waals surface area (Å²) in [5.74, 6) is -0.234. The van der Waals surface area contributed by atoms with Gasteiger partial charge in [-0.1, -0.05) is 44.2 Å². The molecule has 4 rings (SSSR count). The van der Waals surface area contributed by atoms with Crippen molar-refractivity contribution in [3.63, 3.8) is 0 Å². The van der Waals surface area contributed by atoms with Gasteiger partial charge in [-0.15, -0.1) is 0 Å². The zero-order valence-corrected chi connectivity index (χ0v) is 19.5. The van der Waals surface area contributed by atoms with E-state index in [0.29, 0.717) is 36.1 Å². The standard InChI is InChI=1S/C28H27FN2O3/c1-4-30(22-8-6-5-7-9-22)26-25(20-10-12-21(29)13-11-20)27(32)31(28(26)33)23-14-16-24(17-15-23)34-18-19(2)3/h5-17,19H,4,18H2,1-3H3. The van der Waals surface area contributed by atoms with Crippen molar-refractivity contribution >= 4 is 28.8 Å². The molecule has 0 unspecified atom stereocenters. The van der Waals surface area contributed by atoms with Crippen LogP contribution < -0.4 is 14.5 Å². The fraction of sp³-hybridized carbons (Fsp3) is 0.214. The van der Waals surface area contributed by atoms with Crippen LogP contribution in [0.3, 0.4) is 0 Å². The Bertz CT molecular complexity index is 1200. The van der Waals surface area contributed by atoms with Crippen molar-refractivity contribution < 1.29 is 18.7 Å². The molecule has 0 aliphatic carbocycles. The second kappa shape index (κ2) is 9.91. The maximum atomic E-state index is 13.7. The number of carbonyl (C=O) groups excluding carboxylic acids is 2. The van der Waals surface area contributed by atoms with Crippen LogP contribution in [0.1, 0.15) is 26.3 Å². The smallest absolute Gasteiger partial charge is 0.282 e. The molecular formula is C28H27FN2O3. The predicted molar refractivity (Wildman–Crippen MR) is 132 cm³/mol. The molecule has 0 fully saturated rings. The lowest BCUT2D eigenvalue weighted by Gasteiger charge is -2.25. The van der Waals surface area contributed by atoms with Crippen LogP contribution in [0.5, 0.6) is 5.75 Å². The average Bonchev–Trinajstić information content (AvgIpc) is 3.10. The summed E-state index contributed by atoms with van der Waals surface area (Å²) in [4.78, 5) is 30.4. The van der Waals surface area contributed by atoms with Gasteiger partial charge >= 0.3 is 0 Å². The number of rotatable bonds is 8. The van der Waals surface area contributed by atoms with Gasteiger partial charge in [-0.05, 0) is 66.9 Å². The number of anilines is 2. The lowest BCUT2D eigenvalue weighted by molar-refractivity contribution is -0.120. The number of ether oxygens (including phenoxy) is 1. The minimum atomic E-state index is -0.447. The first-order valence-corrected chi connectivity index (χ1v) is 11.3. The van der Waals surface area contributed by atoms with E-state index in [4.69, 9.17) is 4.74 Å². The van der Waals surface area contributed by atoms with E-state index in [2.05, 4.69) is 13.8 Å². The van der Waals surface area contributed by atoms with E-state index in [1.807, 2.05) is 42.2 Å². The summed E-state index contributed by atoms with van der Waals surface area (Å²) in [7, 11) is 0. The van der Waals surface area contributed by atoms with Crippen LogP contribution in [-0.4, -0.2) is 25.0 Å². The number of hydrogen-bond donors (Lipinski definition) is 0. The van der Waals surface area contributed by atoms with E-state index in [0.717, 1.165) is 5.69 Å². The summed E-state index contributed by atoms with van der Waals surface area (Å²) in [6.45, 7) is 7.09. The van der Waals surface area contributed by atoms with Crippen molar-refractivity contribution in [1.29, 1.82) is 0 Å². The van der Waals surface area contributed by atoms with Crippen LogP contribution in [0.4, 0.5) is 15.8 Å². The molecule has 34 heavy (non-hydrogen) atoms. The Morgan fingerprint density at radius 2 is 1.53 bits per heavy atom. The van der Waals surface area contributed by atoms with Crippen LogP contribution in [-0.2, 0) is 9.59 Å². The molecule has 2 amide bonds. The minimum Gasteiger partial charge on any atom is -0.493 e. The number of nitrogens with zero attached hydrogens (tertiary/aromatic N) is 2. The van der Waals surface area contributed by atoms with Crippen LogP contribution in [0.15, 0.2) is 84.6 Å². The number of likely N-dealkylation sites (N-methyl/N-ethyl adjacent to an activating group) is 1. The van der Waals surface area contributed by atoms with Crippen LogP contribution >= 0.6 is 0 Å². The molecule has 0 spiro atoms. The number of carbonyl (C=O) groups is 2. The monoisotopic (exact) mass is 458 g/mol. The van der Waals surface area contributed by atoms with Crippen LogP contribution in [0.2, 0.25) is 0 Å². The highest BCUT2D eigenvalue weighted by molar-refractivity contribution is 6.46. The van der Waals surface area contributed by atoms with Gasteiger partial charge in [-0.3, -0.25) is 9.59 Å². The Morgan fingerprint density at radius 1 is 0.882 bits per heavy atom. The third kappa shape index (κ3) is 4.57. The maximum absolute atomic E-state index is 13.7. The highest BCUT2D eigenvalue weighted by atomic mass is 19.1. The fourth-order valence-electron chi connectivity index (χ4n) is 3.91. The topological polar surface area (TPSA) is 49.9 Å². The van der Waals surface area contributed by atoms with Crippen LogP contribution in [0, 0.1) is 11.7 Å². The first-order valence-electron chi connectivity index (χ1n) is 11.3. The van der Waals surface area contributed by atoms with Crippen molar-refractivity contribution in [1.82, 2.24) is 0 Å². The maximum Gasteiger partial charge on any atom is 0.282 e. The Kier molecular flexibility index (Phi) is 6.77. The van der Waals surface area contributed by atoms with E-state index >= 15 is 0 Å². The molecule has 0 radical (unpaired) electrons. The van der Waals surface area contributed by atoms with Gasteiger partial charge in [-0.25, -0.2) is 9.29 Å². The third-order valence-corrected chi connectivity index (χ3v) is 5.52. The number of para-hydroxylation sites is 1. The summed E-state index contributed by atoms with van der Waals surface area (Å²) in [6, 6.07) is 22.0. The Morgan fingerprint density at radius 3 is 2.12 bits per heavy atom. The largest absolute Gasteiger partial charge is 0.493 e. The summed E-state index contributed by atoms with van der Waals surface area (Å²) in [5.41, 5.74) is 2.25. The highest BCUT2D eigenvalue weighted by Crippen LogP contribution is 2.37. The van der Waals surface area contributed by atoms with Gasteiger partial charge in [0.05, 0.1) is 17.9 Å². The lowest BCUT2D eigenvalue weighted by atomic mass is 10.0. The Balaban J connectivity index is 1.77. The summed E-state index contributed by atoms with van der Waals surface area (Å²) in [6.07, 6.45) is 0. The summed E-state index contributed by atoms with van der Waals surface area (Å²) < 4.78 is 19.4. The van der Waals surface area contributed by atoms with Crippen LogP contribution in [0.25, 0.3) is 5.57 Å². The normalized spacial score (nSPS) is 13.7. The van der Waals surface area contributed by atoms with Gasteiger partial charge in [0.15, 0.2) is 0 Å². The number of amides is 2. The average molecular weight is 459 g/mol. The second-order valence-corrected chi connectivity index (χ2v) is 8.45. The first-order chi connectivity index (χ1) is 16.4. The molecule has 0 saturated heterocycles. The van der Waals surface area contributed by atoms with Gasteiger partial charge in [0.25, 0.3) is 11.8 Å². The molecular weight excluding hydrogens is 431 g/mol. The molecule has 3 aromatic carbocycles. The zero-order chi connectivity index (χ0) is 24.2. The van der Waals surface area contributed by atoms with E-state index in [1.165, 1.54) is 29.2 Å². The number of hydrogen-bond acceptors (Lipinski definition) is 4. The molecule has 174 valence electrons. The summed E-state index contributed by atoms with van der Waals surface area (Å²) >= 11 is 0. The van der Waals surface area contributed by atoms with Gasteiger partial charge in [-0.2, -0.15) is 0 Å². The van der Waals surface area contributed by atoms with Crippen molar-refractivity contribution in [2.75, 3.05) is 23.0 Å². The molecule has 1 aliphatic heterocycles. The van der Waals surface area contributed by atoms with E-state index in [9.17, 15) is 14.0 Å². The predicted octanol–water partition coefficient (Wildman–Crippen LogP) is 5.67. The Labute approximate surface area is 199 Å². The number of benzene rings is 3. The van der Waals surface area contributed by atoms with Gasteiger partial charge in [0.2, 0.25) is 0 Å². The Hall–Kier alpha value is -3.93. The van der Waals surface area contributed by atoms with Crippen molar-refractivity contribution in [2.24, 2.45) is 5.92 Å². The van der Waals surface area contributed by atoms with Gasteiger partial charge in [0, 0.05) is 12.2 Å². The van der Waals surface area contributed by atoms with Gasteiger partial charge < -0.3 is 9.64 Å². The van der Waals surface area contributed by atoms with Crippen molar-refractivity contribution in [3.8, 4) is 5.75 Å². The number of halogens is 1.